The molecular weight excluding hydrogens is 228 g/mol. The number of hydrogen-bond acceptors (Lipinski definition) is 3. The van der Waals surface area contributed by atoms with Crippen LogP contribution in [0.4, 0.5) is 0 Å². The molecule has 0 aromatic carbocycles. The highest BCUT2D eigenvalue weighted by Crippen LogP contribution is 2.38. The molecule has 1 heterocycles. The highest BCUT2D eigenvalue weighted by Gasteiger charge is 2.31. The predicted molar refractivity (Wildman–Crippen MR) is 74.3 cm³/mol. The summed E-state index contributed by atoms with van der Waals surface area (Å²) >= 11 is 1.80. The van der Waals surface area contributed by atoms with E-state index in [4.69, 9.17) is 0 Å². The van der Waals surface area contributed by atoms with Crippen molar-refractivity contribution in [1.82, 2.24) is 10.3 Å². The van der Waals surface area contributed by atoms with Crippen LogP contribution in [0.2, 0.25) is 0 Å². The first-order chi connectivity index (χ1) is 7.94. The van der Waals surface area contributed by atoms with Gasteiger partial charge in [-0.3, -0.25) is 0 Å². The normalized spacial score (nSPS) is 28.2. The lowest BCUT2D eigenvalue weighted by Gasteiger charge is -2.39. The summed E-state index contributed by atoms with van der Waals surface area (Å²) < 4.78 is 0. The fraction of sp³-hybridized carbons (Fsp3) is 0.786. The molecule has 0 aliphatic heterocycles. The van der Waals surface area contributed by atoms with E-state index in [9.17, 15) is 0 Å². The highest BCUT2D eigenvalue weighted by molar-refractivity contribution is 7.11. The van der Waals surface area contributed by atoms with Gasteiger partial charge >= 0.3 is 0 Å². The summed E-state index contributed by atoms with van der Waals surface area (Å²) in [6, 6.07) is 0.665. The van der Waals surface area contributed by atoms with Gasteiger partial charge in [0.25, 0.3) is 0 Å². The Morgan fingerprint density at radius 1 is 1.47 bits per heavy atom. The molecule has 1 aliphatic rings. The number of aryl methyl sites for hydroxylation is 1. The first-order valence-corrected chi connectivity index (χ1v) is 7.41. The van der Waals surface area contributed by atoms with Crippen molar-refractivity contribution in [3.8, 4) is 0 Å². The van der Waals surface area contributed by atoms with E-state index in [-0.39, 0.29) is 0 Å². The van der Waals surface area contributed by atoms with E-state index in [0.717, 1.165) is 12.5 Å². The standard InChI is InChI=1S/C14H24N2S/c1-10-5-12(7-14(3,4)6-10)15-9-13-16-8-11(2)17-13/h8,10,12,15H,5-7,9H2,1-4H3. The van der Waals surface area contributed by atoms with Gasteiger partial charge in [-0.25, -0.2) is 4.98 Å². The minimum absolute atomic E-state index is 0.494. The summed E-state index contributed by atoms with van der Waals surface area (Å²) in [5.41, 5.74) is 0.494. The third kappa shape index (κ3) is 3.78. The second-order valence-corrected chi connectivity index (χ2v) is 7.68. The van der Waals surface area contributed by atoms with Crippen LogP contribution in [0.5, 0.6) is 0 Å². The zero-order chi connectivity index (χ0) is 12.5. The molecule has 2 nitrogen and oxygen atoms in total. The Morgan fingerprint density at radius 2 is 2.24 bits per heavy atom. The Hall–Kier alpha value is -0.410. The summed E-state index contributed by atoms with van der Waals surface area (Å²) in [5.74, 6) is 0.842. The second kappa shape index (κ2) is 5.07. The van der Waals surface area contributed by atoms with E-state index in [1.54, 1.807) is 11.3 Å². The summed E-state index contributed by atoms with van der Waals surface area (Å²) in [4.78, 5) is 5.72. The molecule has 0 spiro atoms. The molecule has 2 unspecified atom stereocenters. The maximum absolute atomic E-state index is 4.41. The molecule has 0 amide bonds. The molecule has 2 rings (SSSR count). The minimum Gasteiger partial charge on any atom is -0.308 e. The van der Waals surface area contributed by atoms with Gasteiger partial charge in [0.15, 0.2) is 0 Å². The van der Waals surface area contributed by atoms with E-state index >= 15 is 0 Å². The largest absolute Gasteiger partial charge is 0.308 e. The van der Waals surface area contributed by atoms with Gasteiger partial charge < -0.3 is 5.32 Å². The molecule has 1 fully saturated rings. The van der Waals surface area contributed by atoms with Crippen LogP contribution in [0, 0.1) is 18.3 Å². The molecular formula is C14H24N2S. The lowest BCUT2D eigenvalue weighted by Crippen LogP contribution is -2.39. The Morgan fingerprint density at radius 3 is 2.82 bits per heavy atom. The van der Waals surface area contributed by atoms with Crippen LogP contribution in [0.15, 0.2) is 6.20 Å². The van der Waals surface area contributed by atoms with Crippen LogP contribution in [-0.4, -0.2) is 11.0 Å². The second-order valence-electron chi connectivity index (χ2n) is 6.36. The van der Waals surface area contributed by atoms with Gasteiger partial charge in [-0.05, 0) is 37.5 Å². The van der Waals surface area contributed by atoms with Crippen molar-refractivity contribution >= 4 is 11.3 Å². The fourth-order valence-corrected chi connectivity index (χ4v) is 3.95. The van der Waals surface area contributed by atoms with Crippen LogP contribution in [0.1, 0.15) is 49.9 Å². The predicted octanol–water partition coefficient (Wildman–Crippen LogP) is 3.76. The Balaban J connectivity index is 1.86. The van der Waals surface area contributed by atoms with Gasteiger partial charge in [0.2, 0.25) is 0 Å². The van der Waals surface area contributed by atoms with Crippen LogP contribution >= 0.6 is 11.3 Å². The summed E-state index contributed by atoms with van der Waals surface area (Å²) in [7, 11) is 0. The molecule has 1 aromatic rings. The smallest absolute Gasteiger partial charge is 0.107 e. The van der Waals surface area contributed by atoms with Crippen LogP contribution in [0.25, 0.3) is 0 Å². The molecule has 1 N–H and O–H groups in total. The van der Waals surface area contributed by atoms with Crippen molar-refractivity contribution in [2.75, 3.05) is 0 Å². The molecule has 0 bridgehead atoms. The average molecular weight is 252 g/mol. The van der Waals surface area contributed by atoms with Crippen LogP contribution in [0.3, 0.4) is 0 Å². The van der Waals surface area contributed by atoms with Crippen molar-refractivity contribution in [3.63, 3.8) is 0 Å². The summed E-state index contributed by atoms with van der Waals surface area (Å²) in [6.45, 7) is 10.2. The molecule has 3 heteroatoms. The zero-order valence-corrected chi connectivity index (χ0v) is 12.2. The van der Waals surface area contributed by atoms with Gasteiger partial charge in [0.1, 0.15) is 5.01 Å². The topological polar surface area (TPSA) is 24.9 Å². The van der Waals surface area contributed by atoms with Gasteiger partial charge in [-0.2, -0.15) is 0 Å². The number of aromatic nitrogens is 1. The number of thiazole rings is 1. The highest BCUT2D eigenvalue weighted by atomic mass is 32.1. The van der Waals surface area contributed by atoms with Crippen LogP contribution in [-0.2, 0) is 6.54 Å². The molecule has 96 valence electrons. The number of nitrogens with one attached hydrogen (secondary N) is 1. The lowest BCUT2D eigenvalue weighted by atomic mass is 9.70. The van der Waals surface area contributed by atoms with Crippen molar-refractivity contribution in [3.05, 3.63) is 16.1 Å². The third-order valence-corrected chi connectivity index (χ3v) is 4.51. The first kappa shape index (κ1) is 13.0. The molecule has 2 atom stereocenters. The van der Waals surface area contributed by atoms with E-state index in [2.05, 4.69) is 38.0 Å². The van der Waals surface area contributed by atoms with Gasteiger partial charge in [-0.1, -0.05) is 20.8 Å². The van der Waals surface area contributed by atoms with E-state index in [1.807, 2.05) is 6.20 Å². The number of rotatable bonds is 3. The van der Waals surface area contributed by atoms with Crippen molar-refractivity contribution in [2.45, 2.75) is 59.5 Å². The maximum Gasteiger partial charge on any atom is 0.107 e. The SMILES string of the molecule is Cc1cnc(CNC2CC(C)CC(C)(C)C2)s1. The zero-order valence-electron chi connectivity index (χ0n) is 11.4. The monoisotopic (exact) mass is 252 g/mol. The van der Waals surface area contributed by atoms with Crippen molar-refractivity contribution in [2.24, 2.45) is 11.3 Å². The summed E-state index contributed by atoms with van der Waals surface area (Å²) in [5, 5.41) is 4.91. The molecule has 1 aliphatic carbocycles. The van der Waals surface area contributed by atoms with E-state index in [1.165, 1.54) is 29.1 Å². The van der Waals surface area contributed by atoms with Gasteiger partial charge in [0, 0.05) is 23.7 Å². The average Bonchev–Trinajstić information content (AvgIpc) is 2.58. The quantitative estimate of drug-likeness (QED) is 0.886. The number of hydrogen-bond donors (Lipinski definition) is 1. The molecule has 1 aromatic heterocycles. The lowest BCUT2D eigenvalue weighted by molar-refractivity contribution is 0.151. The maximum atomic E-state index is 4.41. The Labute approximate surface area is 109 Å². The fourth-order valence-electron chi connectivity index (χ4n) is 3.22. The molecule has 0 radical (unpaired) electrons. The van der Waals surface area contributed by atoms with Gasteiger partial charge in [0.05, 0.1) is 0 Å². The molecule has 17 heavy (non-hydrogen) atoms. The Kier molecular flexibility index (Phi) is 3.88. The van der Waals surface area contributed by atoms with Crippen LogP contribution < -0.4 is 5.32 Å². The van der Waals surface area contributed by atoms with E-state index in [0.29, 0.717) is 11.5 Å². The van der Waals surface area contributed by atoms with E-state index < -0.39 is 0 Å². The minimum atomic E-state index is 0.494. The first-order valence-electron chi connectivity index (χ1n) is 6.59. The summed E-state index contributed by atoms with van der Waals surface area (Å²) in [6.07, 6.45) is 5.94. The third-order valence-electron chi connectivity index (χ3n) is 3.60. The van der Waals surface area contributed by atoms with Crippen molar-refractivity contribution in [1.29, 1.82) is 0 Å². The Bertz CT molecular complexity index is 370. The van der Waals surface area contributed by atoms with Crippen molar-refractivity contribution < 1.29 is 0 Å². The van der Waals surface area contributed by atoms with Gasteiger partial charge in [-0.15, -0.1) is 11.3 Å². The number of nitrogens with zero attached hydrogens (tertiary/aromatic N) is 1. The molecule has 1 saturated carbocycles. The molecule has 0 saturated heterocycles.